The van der Waals surface area contributed by atoms with Crippen molar-refractivity contribution in [1.29, 1.82) is 0 Å². The van der Waals surface area contributed by atoms with Crippen molar-refractivity contribution in [3.63, 3.8) is 0 Å². The highest BCUT2D eigenvalue weighted by molar-refractivity contribution is 6.27. The fraction of sp³-hybridized carbons (Fsp3) is 0.661. The highest BCUT2D eigenvalue weighted by Crippen LogP contribution is 2.41. The summed E-state index contributed by atoms with van der Waals surface area (Å²) in [5, 5.41) is 10.1. The fourth-order valence-corrected chi connectivity index (χ4v) is 9.22. The van der Waals surface area contributed by atoms with Crippen LogP contribution in [0.3, 0.4) is 0 Å². The minimum atomic E-state index is -0.440. The molecule has 0 fully saturated rings. The minimum Gasteiger partial charge on any atom is -0.325 e. The second kappa shape index (κ2) is 30.6. The largest absolute Gasteiger partial charge is 0.325 e. The first-order chi connectivity index (χ1) is 32.1. The van der Waals surface area contributed by atoms with Crippen molar-refractivity contribution in [3.05, 3.63) is 93.1 Å². The molecule has 2 aromatic carbocycles. The molecule has 8 nitrogen and oxygen atoms in total. The van der Waals surface area contributed by atoms with Gasteiger partial charge in [0.1, 0.15) is 0 Å². The van der Waals surface area contributed by atoms with Crippen LogP contribution in [0.5, 0.6) is 0 Å². The summed E-state index contributed by atoms with van der Waals surface area (Å²) in [6.07, 6.45) is 24.4. The van der Waals surface area contributed by atoms with Crippen molar-refractivity contribution < 1.29 is 29.5 Å². The molecule has 0 radical (unpaired) electrons. The predicted molar refractivity (Wildman–Crippen MR) is 281 cm³/mol. The zero-order valence-corrected chi connectivity index (χ0v) is 44.1. The van der Waals surface area contributed by atoms with Gasteiger partial charge in [0.2, 0.25) is 11.8 Å². The number of Topliss-reactive ketones (excluding diaryl/α,β-unsaturated/α-hetero) is 2. The van der Waals surface area contributed by atoms with Crippen LogP contribution in [0, 0.1) is 0 Å². The van der Waals surface area contributed by atoms with Crippen molar-refractivity contribution in [1.82, 2.24) is 0 Å². The summed E-state index contributed by atoms with van der Waals surface area (Å²) < 4.78 is 0. The molecule has 0 amide bonds. The topological polar surface area (TPSA) is 107 Å². The smallest absolute Gasteiger partial charge is 0.232 e. The number of hydrogen-bond acceptors (Lipinski definition) is 8. The van der Waals surface area contributed by atoms with E-state index in [9.17, 15) is 5.26 Å². The number of carbonyl (C=O) groups is 2. The molecule has 8 heteroatoms. The maximum Gasteiger partial charge on any atom is 0.232 e. The van der Waals surface area contributed by atoms with E-state index in [1.165, 1.54) is 108 Å². The second-order valence-electron chi connectivity index (χ2n) is 21.2. The van der Waals surface area contributed by atoms with E-state index in [0.717, 1.165) is 49.7 Å². The van der Waals surface area contributed by atoms with E-state index in [0.29, 0.717) is 35.3 Å². The number of nitrogens with zero attached hydrogens (tertiary/aromatic N) is 2. The molecule has 3 rings (SSSR count). The van der Waals surface area contributed by atoms with Crippen LogP contribution in [-0.2, 0) is 35.1 Å². The first-order valence-corrected chi connectivity index (χ1v) is 26.4. The third kappa shape index (κ3) is 19.6. The van der Waals surface area contributed by atoms with Gasteiger partial charge >= 0.3 is 0 Å². The van der Waals surface area contributed by atoms with E-state index >= 15 is 9.59 Å². The van der Waals surface area contributed by atoms with Crippen molar-refractivity contribution >= 4 is 23.4 Å². The molecular formula is C59H92N2O6. The molecule has 374 valence electrons. The Morgan fingerprint density at radius 2 is 0.925 bits per heavy atom. The van der Waals surface area contributed by atoms with Gasteiger partial charge in [-0.3, -0.25) is 14.6 Å². The lowest BCUT2D eigenvalue weighted by Gasteiger charge is -2.30. The van der Waals surface area contributed by atoms with Crippen LogP contribution in [0.15, 0.2) is 80.8 Å². The lowest BCUT2D eigenvalue weighted by atomic mass is 9.72. The average Bonchev–Trinajstić information content (AvgIpc) is 3.30. The highest BCUT2D eigenvalue weighted by Gasteiger charge is 2.40. The molecule has 0 bridgehead atoms. The Hall–Kier alpha value is -3.88. The van der Waals surface area contributed by atoms with Crippen molar-refractivity contribution in [2.24, 2.45) is 9.98 Å². The quantitative estimate of drug-likeness (QED) is 0.0202. The van der Waals surface area contributed by atoms with Crippen LogP contribution in [0.2, 0.25) is 0 Å². The Kier molecular flexibility index (Phi) is 26.2. The summed E-state index contributed by atoms with van der Waals surface area (Å²) in [7, 11) is 1.44. The molecule has 67 heavy (non-hydrogen) atoms. The molecule has 0 spiro atoms. The maximum atomic E-state index is 15.5. The summed E-state index contributed by atoms with van der Waals surface area (Å²) in [6, 6.07) is 16.7. The molecule has 2 atom stereocenters. The molecule has 0 heterocycles. The zero-order valence-electron chi connectivity index (χ0n) is 44.1. The molecule has 0 aliphatic heterocycles. The Labute approximate surface area is 407 Å². The first-order valence-electron chi connectivity index (χ1n) is 26.4. The third-order valence-electron chi connectivity index (χ3n) is 13.7. The summed E-state index contributed by atoms with van der Waals surface area (Å²) in [5.74, 6) is -0.888. The molecular weight excluding hydrogens is 833 g/mol. The fourth-order valence-electron chi connectivity index (χ4n) is 9.22. The number of hydrogen-bond donors (Lipinski definition) is 1. The molecule has 0 saturated heterocycles. The molecule has 0 saturated carbocycles. The van der Waals surface area contributed by atoms with Crippen LogP contribution < -0.4 is 0 Å². The van der Waals surface area contributed by atoms with Gasteiger partial charge in [-0.2, -0.15) is 4.89 Å². The standard InChI is InChI=1S/C59H92N2O6/c1-12-14-16-18-20-22-24-26-28-30-32-52(66-64)61-43-51-55(45(4)47-35-39-49(40-36-47)59(8,9)10)56(62)50(54(57(51)63)44(3)46-33-37-48(38-34-46)58(5,6)7)42-53(67-65-11)60-41-31-29-27-25-23-21-19-17-15-13-2/h33-40,44-45,64H,12-32,41-43H2,1-11H3. The summed E-state index contributed by atoms with van der Waals surface area (Å²) in [4.78, 5) is 56.3. The van der Waals surface area contributed by atoms with Crippen LogP contribution in [0.25, 0.3) is 0 Å². The van der Waals surface area contributed by atoms with Gasteiger partial charge in [0, 0.05) is 47.1 Å². The number of benzene rings is 2. The van der Waals surface area contributed by atoms with Gasteiger partial charge in [-0.1, -0.05) is 233 Å². The number of unbranched alkanes of at least 4 members (excludes halogenated alkanes) is 18. The second-order valence-corrected chi connectivity index (χ2v) is 21.2. The van der Waals surface area contributed by atoms with Gasteiger partial charge in [-0.25, -0.2) is 10.2 Å². The van der Waals surface area contributed by atoms with Gasteiger partial charge in [-0.05, 0) is 45.9 Å². The Bertz CT molecular complexity index is 1890. The SMILES string of the molecule is CCCCCCCCCCCCN=C(CC1=C(C(C)c2ccc(C(C)(C)C)cc2)C(=O)C(CN=C(CCCCCCCCCCCC)OO)=C(C(C)c2ccc(C(C)(C)C)cc2)C1=O)OOC. The summed E-state index contributed by atoms with van der Waals surface area (Å²) >= 11 is 0. The normalized spacial score (nSPS) is 15.2. The molecule has 0 aromatic heterocycles. The number of rotatable bonds is 31. The van der Waals surface area contributed by atoms with Crippen molar-refractivity contribution in [2.75, 3.05) is 20.2 Å². The lowest BCUT2D eigenvalue weighted by Crippen LogP contribution is -2.31. The number of carbonyl (C=O) groups excluding carboxylic acids is 2. The highest BCUT2D eigenvalue weighted by atomic mass is 17.2. The Morgan fingerprint density at radius 3 is 1.33 bits per heavy atom. The van der Waals surface area contributed by atoms with Gasteiger partial charge < -0.3 is 9.78 Å². The van der Waals surface area contributed by atoms with Gasteiger partial charge in [0.05, 0.1) is 20.1 Å². The molecule has 1 N–H and O–H groups in total. The van der Waals surface area contributed by atoms with Crippen LogP contribution >= 0.6 is 0 Å². The van der Waals surface area contributed by atoms with Crippen LogP contribution in [0.4, 0.5) is 0 Å². The van der Waals surface area contributed by atoms with Crippen molar-refractivity contribution in [2.45, 2.75) is 233 Å². The van der Waals surface area contributed by atoms with Crippen LogP contribution in [-0.4, -0.2) is 48.8 Å². The minimum absolute atomic E-state index is 0.00932. The van der Waals surface area contributed by atoms with Crippen molar-refractivity contribution in [3.8, 4) is 0 Å². The maximum absolute atomic E-state index is 15.5. The van der Waals surface area contributed by atoms with Gasteiger partial charge in [0.15, 0.2) is 11.6 Å². The average molecular weight is 925 g/mol. The molecule has 1 aliphatic carbocycles. The van der Waals surface area contributed by atoms with E-state index in [2.05, 4.69) is 104 Å². The summed E-state index contributed by atoms with van der Waals surface area (Å²) in [5.41, 5.74) is 5.60. The summed E-state index contributed by atoms with van der Waals surface area (Å²) in [6.45, 7) is 22.0. The van der Waals surface area contributed by atoms with E-state index in [1.807, 2.05) is 13.8 Å². The van der Waals surface area contributed by atoms with Crippen LogP contribution in [0.1, 0.15) is 245 Å². The van der Waals surface area contributed by atoms with Gasteiger partial charge in [-0.15, -0.1) is 0 Å². The molecule has 1 aliphatic rings. The number of ketones is 2. The Morgan fingerprint density at radius 1 is 0.537 bits per heavy atom. The van der Waals surface area contributed by atoms with E-state index in [-0.39, 0.29) is 47.2 Å². The predicted octanol–water partition coefficient (Wildman–Crippen LogP) is 16.4. The van der Waals surface area contributed by atoms with E-state index in [4.69, 9.17) is 24.6 Å². The number of aliphatic imine (C=N–C) groups is 2. The number of allylic oxidation sites excluding steroid dienone is 2. The zero-order chi connectivity index (χ0) is 49.2. The molecule has 2 unspecified atom stereocenters. The van der Waals surface area contributed by atoms with Gasteiger partial charge in [0.25, 0.3) is 0 Å². The first kappa shape index (κ1) is 57.4. The van der Waals surface area contributed by atoms with E-state index in [1.54, 1.807) is 0 Å². The Balaban J connectivity index is 2.03. The lowest BCUT2D eigenvalue weighted by molar-refractivity contribution is -0.196. The van der Waals surface area contributed by atoms with E-state index < -0.39 is 11.8 Å². The third-order valence-corrected chi connectivity index (χ3v) is 13.7. The molecule has 2 aromatic rings. The monoisotopic (exact) mass is 925 g/mol.